The van der Waals surface area contributed by atoms with Crippen LogP contribution in [0.3, 0.4) is 0 Å². The molecule has 0 N–H and O–H groups in total. The highest BCUT2D eigenvalue weighted by atomic mass is 28.2. The fraction of sp³-hybridized carbons (Fsp3) is 1.00. The summed E-state index contributed by atoms with van der Waals surface area (Å²) in [5.74, 6) is 0.901. The van der Waals surface area contributed by atoms with Crippen LogP contribution < -0.4 is 0 Å². The summed E-state index contributed by atoms with van der Waals surface area (Å²) in [6, 6.07) is 0. The average Bonchev–Trinajstić information content (AvgIpc) is 1.94. The fourth-order valence-corrected chi connectivity index (χ4v) is 4.12. The monoisotopic (exact) mass is 187 g/mol. The molecule has 1 rings (SSSR count). The summed E-state index contributed by atoms with van der Waals surface area (Å²) in [5, 5.41) is 0. The molecule has 66 valence electrons. The summed E-state index contributed by atoms with van der Waals surface area (Å²) in [4.78, 5) is 3.25. The molecule has 1 saturated heterocycles. The summed E-state index contributed by atoms with van der Waals surface area (Å²) in [6.45, 7) is 8.54. The molecule has 0 saturated carbocycles. The first-order valence-electron chi connectivity index (χ1n) is 4.50. The summed E-state index contributed by atoms with van der Waals surface area (Å²) in [5.41, 5.74) is 0.554. The van der Waals surface area contributed by atoms with Crippen molar-refractivity contribution in [3.63, 3.8) is 0 Å². The lowest BCUT2D eigenvalue weighted by molar-refractivity contribution is 0.293. The standard InChI is InChI=1S/C8H21NSi2/c1-6-7(2,3)5-9(4)8(6,10)11/h6H,5H2,1-4,10-11H3. The van der Waals surface area contributed by atoms with Gasteiger partial charge in [-0.1, -0.05) is 20.8 Å². The van der Waals surface area contributed by atoms with Crippen LogP contribution in [0.5, 0.6) is 0 Å². The summed E-state index contributed by atoms with van der Waals surface area (Å²) in [7, 11) is 4.97. The molecular weight excluding hydrogens is 166 g/mol. The molecule has 0 aromatic carbocycles. The minimum absolute atomic E-state index is 0.554. The van der Waals surface area contributed by atoms with Gasteiger partial charge in [0.2, 0.25) is 0 Å². The molecule has 0 spiro atoms. The van der Waals surface area contributed by atoms with E-state index in [9.17, 15) is 0 Å². The van der Waals surface area contributed by atoms with Crippen molar-refractivity contribution in [3.8, 4) is 0 Å². The van der Waals surface area contributed by atoms with Crippen molar-refractivity contribution in [2.75, 3.05) is 13.6 Å². The van der Waals surface area contributed by atoms with E-state index in [1.165, 1.54) is 27.0 Å². The Kier molecular flexibility index (Phi) is 2.10. The van der Waals surface area contributed by atoms with Crippen LogP contribution in [0.2, 0.25) is 0 Å². The SMILES string of the molecule is CC1C(C)(C)CN(C)C1([SiH3])[SiH3]. The Labute approximate surface area is 76.4 Å². The molecule has 3 heteroatoms. The molecule has 1 aliphatic heterocycles. The third-order valence-corrected chi connectivity index (χ3v) is 7.12. The highest BCUT2D eigenvalue weighted by Gasteiger charge is 2.47. The van der Waals surface area contributed by atoms with E-state index < -0.39 is 0 Å². The van der Waals surface area contributed by atoms with Crippen molar-refractivity contribution in [1.29, 1.82) is 0 Å². The van der Waals surface area contributed by atoms with Crippen LogP contribution in [0.25, 0.3) is 0 Å². The van der Waals surface area contributed by atoms with Crippen molar-refractivity contribution < 1.29 is 0 Å². The number of hydrogen-bond donors (Lipinski definition) is 0. The minimum atomic E-state index is 0.554. The minimum Gasteiger partial charge on any atom is -0.307 e. The molecule has 1 nitrogen and oxygen atoms in total. The van der Waals surface area contributed by atoms with Gasteiger partial charge >= 0.3 is 0 Å². The molecule has 0 bridgehead atoms. The quantitative estimate of drug-likeness (QED) is 0.439. The van der Waals surface area contributed by atoms with Gasteiger partial charge in [-0.2, -0.15) is 0 Å². The summed E-state index contributed by atoms with van der Waals surface area (Å²) >= 11 is 0. The molecule has 0 aromatic heterocycles. The van der Waals surface area contributed by atoms with E-state index in [0.29, 0.717) is 10.2 Å². The number of rotatable bonds is 0. The Bertz CT molecular complexity index is 165. The maximum atomic E-state index is 2.59. The summed E-state index contributed by atoms with van der Waals surface area (Å²) in [6.07, 6.45) is 0. The van der Waals surface area contributed by atoms with E-state index >= 15 is 0 Å². The van der Waals surface area contributed by atoms with Crippen molar-refractivity contribution >= 4 is 20.5 Å². The Morgan fingerprint density at radius 2 is 1.82 bits per heavy atom. The van der Waals surface area contributed by atoms with Gasteiger partial charge in [-0.25, -0.2) is 0 Å². The van der Waals surface area contributed by atoms with Gasteiger partial charge in [0, 0.05) is 27.0 Å². The van der Waals surface area contributed by atoms with Crippen LogP contribution in [-0.4, -0.2) is 43.8 Å². The van der Waals surface area contributed by atoms with Gasteiger partial charge in [-0.3, -0.25) is 0 Å². The topological polar surface area (TPSA) is 3.24 Å². The van der Waals surface area contributed by atoms with Crippen molar-refractivity contribution in [1.82, 2.24) is 4.90 Å². The van der Waals surface area contributed by atoms with Gasteiger partial charge in [0.15, 0.2) is 0 Å². The van der Waals surface area contributed by atoms with Crippen LogP contribution >= 0.6 is 0 Å². The average molecular weight is 187 g/mol. The number of nitrogens with zero attached hydrogens (tertiary/aromatic N) is 1. The molecule has 0 aliphatic carbocycles. The summed E-state index contributed by atoms with van der Waals surface area (Å²) < 4.78 is 0. The molecule has 0 aromatic rings. The molecule has 1 unspecified atom stereocenters. The van der Waals surface area contributed by atoms with Crippen LogP contribution in [-0.2, 0) is 0 Å². The molecular formula is C8H21NSi2. The molecule has 11 heavy (non-hydrogen) atoms. The lowest BCUT2D eigenvalue weighted by Crippen LogP contribution is -2.46. The fourth-order valence-electron chi connectivity index (χ4n) is 2.24. The first kappa shape index (κ1) is 9.48. The first-order valence-corrected chi connectivity index (χ1v) is 6.50. The molecule has 0 radical (unpaired) electrons. The Hall–Kier alpha value is 0.394. The van der Waals surface area contributed by atoms with Gasteiger partial charge in [-0.05, 0) is 23.2 Å². The van der Waals surface area contributed by atoms with Crippen LogP contribution in [0.15, 0.2) is 0 Å². The van der Waals surface area contributed by atoms with Gasteiger partial charge < -0.3 is 4.90 Å². The highest BCUT2D eigenvalue weighted by Crippen LogP contribution is 2.42. The maximum absolute atomic E-state index is 2.59. The second kappa shape index (κ2) is 2.44. The Morgan fingerprint density at radius 3 is 1.91 bits per heavy atom. The van der Waals surface area contributed by atoms with Gasteiger partial charge in [0.05, 0.1) is 0 Å². The molecule has 1 aliphatic rings. The predicted octanol–water partition coefficient (Wildman–Crippen LogP) is -1.02. The largest absolute Gasteiger partial charge is 0.307 e. The van der Waals surface area contributed by atoms with Crippen LogP contribution in [0, 0.1) is 11.3 Å². The smallest absolute Gasteiger partial charge is 0.0237 e. The second-order valence-corrected chi connectivity index (χ2v) is 11.3. The van der Waals surface area contributed by atoms with Gasteiger partial charge in [-0.15, -0.1) is 0 Å². The van der Waals surface area contributed by atoms with E-state index in [4.69, 9.17) is 0 Å². The zero-order chi connectivity index (χ0) is 8.86. The van der Waals surface area contributed by atoms with E-state index in [-0.39, 0.29) is 0 Å². The second-order valence-electron chi connectivity index (χ2n) is 5.22. The first-order chi connectivity index (χ1) is 4.78. The van der Waals surface area contributed by atoms with E-state index in [1.807, 2.05) is 0 Å². The normalized spacial score (nSPS) is 45.3. The predicted molar refractivity (Wildman–Crippen MR) is 58.2 cm³/mol. The Balaban J connectivity index is 2.89. The van der Waals surface area contributed by atoms with E-state index in [2.05, 4.69) is 32.7 Å². The van der Waals surface area contributed by atoms with Crippen LogP contribution in [0.1, 0.15) is 20.8 Å². The lowest BCUT2D eigenvalue weighted by atomic mass is 9.83. The van der Waals surface area contributed by atoms with Crippen molar-refractivity contribution in [3.05, 3.63) is 0 Å². The van der Waals surface area contributed by atoms with Crippen LogP contribution in [0.4, 0.5) is 0 Å². The third kappa shape index (κ3) is 1.34. The molecule has 1 fully saturated rings. The number of hydrogen-bond acceptors (Lipinski definition) is 1. The van der Waals surface area contributed by atoms with E-state index in [0.717, 1.165) is 5.92 Å². The highest BCUT2D eigenvalue weighted by molar-refractivity contribution is 6.40. The molecule has 1 heterocycles. The number of likely N-dealkylation sites (tertiary alicyclic amines) is 1. The third-order valence-electron chi connectivity index (χ3n) is 3.86. The molecule has 0 amide bonds. The Morgan fingerprint density at radius 1 is 1.36 bits per heavy atom. The zero-order valence-corrected chi connectivity index (χ0v) is 12.7. The van der Waals surface area contributed by atoms with Gasteiger partial charge in [0.25, 0.3) is 0 Å². The maximum Gasteiger partial charge on any atom is 0.0237 e. The van der Waals surface area contributed by atoms with Crippen molar-refractivity contribution in [2.24, 2.45) is 11.3 Å². The van der Waals surface area contributed by atoms with E-state index in [1.54, 1.807) is 0 Å². The van der Waals surface area contributed by atoms with Gasteiger partial charge in [0.1, 0.15) is 0 Å². The zero-order valence-electron chi connectivity index (χ0n) is 8.73. The lowest BCUT2D eigenvalue weighted by Gasteiger charge is -2.33. The molecule has 1 atom stereocenters. The van der Waals surface area contributed by atoms with Crippen molar-refractivity contribution in [2.45, 2.75) is 25.6 Å².